The van der Waals surface area contributed by atoms with Gasteiger partial charge in [-0.25, -0.2) is 13.1 Å². The number of thiocarbonyl (C=S) groups is 1. The van der Waals surface area contributed by atoms with E-state index in [-0.39, 0.29) is 16.4 Å². The van der Waals surface area contributed by atoms with E-state index in [1.54, 1.807) is 12.1 Å². The van der Waals surface area contributed by atoms with E-state index in [0.717, 1.165) is 0 Å². The van der Waals surface area contributed by atoms with E-state index in [2.05, 4.69) is 4.72 Å². The molecule has 0 aromatic heterocycles. The van der Waals surface area contributed by atoms with Gasteiger partial charge in [0.2, 0.25) is 10.0 Å². The normalized spacial score (nSPS) is 11.4. The highest BCUT2D eigenvalue weighted by Gasteiger charge is 2.13. The Hall–Kier alpha value is -1.02. The lowest BCUT2D eigenvalue weighted by atomic mass is 10.2. The number of nitrogens with one attached hydrogen (secondary N) is 1. The quantitative estimate of drug-likeness (QED) is 0.568. The number of hydrogen-bond donors (Lipinski definition) is 2. The summed E-state index contributed by atoms with van der Waals surface area (Å²) in [5.41, 5.74) is 5.99. The van der Waals surface area contributed by atoms with E-state index in [4.69, 9.17) is 22.7 Å². The predicted molar refractivity (Wildman–Crippen MR) is 74.0 cm³/mol. The Labute approximate surface area is 112 Å². The maximum absolute atomic E-state index is 11.9. The van der Waals surface area contributed by atoms with Crippen molar-refractivity contribution in [3.63, 3.8) is 0 Å². The van der Waals surface area contributed by atoms with Gasteiger partial charge in [0.25, 0.3) is 0 Å². The number of sulfonamides is 1. The van der Waals surface area contributed by atoms with Gasteiger partial charge in [0.1, 0.15) is 4.99 Å². The lowest BCUT2D eigenvalue weighted by Gasteiger charge is -2.08. The molecule has 3 N–H and O–H groups in total. The zero-order valence-electron chi connectivity index (χ0n) is 10.0. The van der Waals surface area contributed by atoms with Gasteiger partial charge in [-0.3, -0.25) is 0 Å². The zero-order valence-corrected chi connectivity index (χ0v) is 11.7. The molecule has 0 spiro atoms. The van der Waals surface area contributed by atoms with Crippen LogP contribution in [0.5, 0.6) is 0 Å². The molecule has 0 aliphatic heterocycles. The highest BCUT2D eigenvalue weighted by Crippen LogP contribution is 2.11. The van der Waals surface area contributed by atoms with Crippen molar-refractivity contribution in [3.05, 3.63) is 29.8 Å². The largest absolute Gasteiger partial charge is 0.389 e. The molecule has 0 aliphatic rings. The van der Waals surface area contributed by atoms with Gasteiger partial charge < -0.3 is 10.5 Å². The summed E-state index contributed by atoms with van der Waals surface area (Å²) >= 11 is 4.81. The van der Waals surface area contributed by atoms with E-state index < -0.39 is 10.0 Å². The van der Waals surface area contributed by atoms with Crippen molar-refractivity contribution in [3.8, 4) is 0 Å². The summed E-state index contributed by atoms with van der Waals surface area (Å²) in [6.45, 7) is 2.97. The second-order valence-electron chi connectivity index (χ2n) is 3.49. The van der Waals surface area contributed by atoms with Crippen LogP contribution in [0.15, 0.2) is 29.2 Å². The molecule has 18 heavy (non-hydrogen) atoms. The molecule has 100 valence electrons. The Kier molecular flexibility index (Phi) is 5.67. The first-order valence-electron chi connectivity index (χ1n) is 5.44. The monoisotopic (exact) mass is 288 g/mol. The van der Waals surface area contributed by atoms with Gasteiger partial charge in [0.15, 0.2) is 0 Å². The van der Waals surface area contributed by atoms with Crippen LogP contribution >= 0.6 is 12.2 Å². The molecule has 5 nitrogen and oxygen atoms in total. The molecular weight excluding hydrogens is 272 g/mol. The SMILES string of the molecule is CCOCCNS(=O)(=O)c1cccc(C(N)=S)c1. The van der Waals surface area contributed by atoms with Crippen molar-refractivity contribution < 1.29 is 13.2 Å². The van der Waals surface area contributed by atoms with Gasteiger partial charge in [0.05, 0.1) is 11.5 Å². The molecule has 1 aromatic rings. The Balaban J connectivity index is 2.78. The average molecular weight is 288 g/mol. The van der Waals surface area contributed by atoms with Gasteiger partial charge in [-0.2, -0.15) is 0 Å². The van der Waals surface area contributed by atoms with Crippen molar-refractivity contribution >= 4 is 27.2 Å². The minimum atomic E-state index is -3.54. The summed E-state index contributed by atoms with van der Waals surface area (Å²) in [6.07, 6.45) is 0. The predicted octanol–water partition coefficient (Wildman–Crippen LogP) is 0.636. The van der Waals surface area contributed by atoms with Crippen molar-refractivity contribution in [2.45, 2.75) is 11.8 Å². The van der Waals surface area contributed by atoms with E-state index in [1.807, 2.05) is 6.92 Å². The van der Waals surface area contributed by atoms with Crippen LogP contribution in [0.25, 0.3) is 0 Å². The molecule has 0 amide bonds. The smallest absolute Gasteiger partial charge is 0.240 e. The molecule has 7 heteroatoms. The van der Waals surface area contributed by atoms with E-state index in [0.29, 0.717) is 18.8 Å². The van der Waals surface area contributed by atoms with Gasteiger partial charge in [-0.1, -0.05) is 24.4 Å². The maximum atomic E-state index is 11.9. The van der Waals surface area contributed by atoms with E-state index >= 15 is 0 Å². The van der Waals surface area contributed by atoms with Gasteiger partial charge in [-0.05, 0) is 19.1 Å². The summed E-state index contributed by atoms with van der Waals surface area (Å²) in [5.74, 6) is 0. The Morgan fingerprint density at radius 3 is 2.83 bits per heavy atom. The summed E-state index contributed by atoms with van der Waals surface area (Å²) in [7, 11) is -3.54. The minimum Gasteiger partial charge on any atom is -0.389 e. The number of nitrogens with two attached hydrogens (primary N) is 1. The Morgan fingerprint density at radius 1 is 1.50 bits per heavy atom. The van der Waals surface area contributed by atoms with Crippen LogP contribution in [-0.4, -0.2) is 33.2 Å². The Morgan fingerprint density at radius 2 is 2.22 bits per heavy atom. The first-order valence-corrected chi connectivity index (χ1v) is 7.34. The second-order valence-corrected chi connectivity index (χ2v) is 5.69. The van der Waals surface area contributed by atoms with Crippen molar-refractivity contribution in [1.29, 1.82) is 0 Å². The lowest BCUT2D eigenvalue weighted by Crippen LogP contribution is -2.27. The van der Waals surface area contributed by atoms with Crippen LogP contribution in [-0.2, 0) is 14.8 Å². The average Bonchev–Trinajstić information content (AvgIpc) is 2.35. The molecule has 0 saturated heterocycles. The van der Waals surface area contributed by atoms with E-state index in [1.165, 1.54) is 12.1 Å². The fraction of sp³-hybridized carbons (Fsp3) is 0.364. The summed E-state index contributed by atoms with van der Waals surface area (Å²) < 4.78 is 31.3. The van der Waals surface area contributed by atoms with Crippen molar-refractivity contribution in [2.75, 3.05) is 19.8 Å². The third kappa shape index (κ3) is 4.34. The standard InChI is InChI=1S/C11H16N2O3S2/c1-2-16-7-6-13-18(14,15)10-5-3-4-9(8-10)11(12)17/h3-5,8,13H,2,6-7H2,1H3,(H2,12,17). The fourth-order valence-corrected chi connectivity index (χ4v) is 2.48. The van der Waals surface area contributed by atoms with E-state index in [9.17, 15) is 8.42 Å². The first-order chi connectivity index (χ1) is 8.47. The summed E-state index contributed by atoms with van der Waals surface area (Å²) in [4.78, 5) is 0.311. The number of benzene rings is 1. The van der Waals surface area contributed by atoms with Crippen molar-refractivity contribution in [1.82, 2.24) is 4.72 Å². The minimum absolute atomic E-state index is 0.143. The molecule has 1 aromatic carbocycles. The highest BCUT2D eigenvalue weighted by molar-refractivity contribution is 7.89. The molecule has 0 radical (unpaired) electrons. The first kappa shape index (κ1) is 15.0. The molecule has 0 heterocycles. The third-order valence-electron chi connectivity index (χ3n) is 2.17. The molecule has 0 saturated carbocycles. The van der Waals surface area contributed by atoms with Gasteiger partial charge in [0, 0.05) is 18.7 Å². The number of rotatable bonds is 7. The van der Waals surface area contributed by atoms with Gasteiger partial charge in [-0.15, -0.1) is 0 Å². The zero-order chi connectivity index (χ0) is 13.6. The summed E-state index contributed by atoms with van der Waals surface area (Å²) in [5, 5.41) is 0. The van der Waals surface area contributed by atoms with Crippen LogP contribution in [0.4, 0.5) is 0 Å². The molecule has 0 bridgehead atoms. The Bertz CT molecular complexity index is 515. The third-order valence-corrected chi connectivity index (χ3v) is 3.87. The van der Waals surface area contributed by atoms with Crippen LogP contribution in [0.2, 0.25) is 0 Å². The lowest BCUT2D eigenvalue weighted by molar-refractivity contribution is 0.153. The molecule has 1 rings (SSSR count). The number of ether oxygens (including phenoxy) is 1. The van der Waals surface area contributed by atoms with Crippen LogP contribution < -0.4 is 10.5 Å². The molecule has 0 atom stereocenters. The van der Waals surface area contributed by atoms with Crippen LogP contribution in [0, 0.1) is 0 Å². The molecule has 0 unspecified atom stereocenters. The topological polar surface area (TPSA) is 81.4 Å². The molecule has 0 fully saturated rings. The van der Waals surface area contributed by atoms with Gasteiger partial charge >= 0.3 is 0 Å². The second kappa shape index (κ2) is 6.79. The fourth-order valence-electron chi connectivity index (χ4n) is 1.29. The van der Waals surface area contributed by atoms with Crippen molar-refractivity contribution in [2.24, 2.45) is 5.73 Å². The molecular formula is C11H16N2O3S2. The van der Waals surface area contributed by atoms with Crippen LogP contribution in [0.3, 0.4) is 0 Å². The summed E-state index contributed by atoms with van der Waals surface area (Å²) in [6, 6.07) is 6.21. The molecule has 0 aliphatic carbocycles. The highest BCUT2D eigenvalue weighted by atomic mass is 32.2. The van der Waals surface area contributed by atoms with Crippen LogP contribution in [0.1, 0.15) is 12.5 Å². The number of hydrogen-bond acceptors (Lipinski definition) is 4. The maximum Gasteiger partial charge on any atom is 0.240 e.